The van der Waals surface area contributed by atoms with Gasteiger partial charge >= 0.3 is 0 Å². The Kier molecular flexibility index (Phi) is 2.76. The molecule has 1 aromatic rings. The number of carbonyl (C=O) groups excluding carboxylic acids is 1. The van der Waals surface area contributed by atoms with Crippen LogP contribution in [-0.4, -0.2) is 18.0 Å². The minimum Gasteiger partial charge on any atom is -0.355 e. The van der Waals surface area contributed by atoms with Gasteiger partial charge in [0, 0.05) is 6.04 Å². The van der Waals surface area contributed by atoms with Crippen LogP contribution in [0.4, 0.5) is 11.4 Å². The van der Waals surface area contributed by atoms with E-state index < -0.39 is 0 Å². The molecule has 0 bridgehead atoms. The lowest BCUT2D eigenvalue weighted by Gasteiger charge is -2.51. The van der Waals surface area contributed by atoms with Crippen LogP contribution in [0.3, 0.4) is 0 Å². The molecular weight excluding hydrogens is 248 g/mol. The summed E-state index contributed by atoms with van der Waals surface area (Å²) in [5.74, 6) is 0.990. The molecular formula is C17H22N2O. The normalized spacial score (nSPS) is 31.9. The highest BCUT2D eigenvalue weighted by molar-refractivity contribution is 6.04. The highest BCUT2D eigenvalue weighted by atomic mass is 16.2. The SMILES string of the molecule is Cc1ccc2c(c1)N1C(CCC3CCCCC31)C(=O)N2. The van der Waals surface area contributed by atoms with Gasteiger partial charge in [0.05, 0.1) is 11.4 Å². The third-order valence-electron chi connectivity index (χ3n) is 5.36. The summed E-state index contributed by atoms with van der Waals surface area (Å²) in [5, 5.41) is 3.10. The molecule has 0 aromatic heterocycles. The van der Waals surface area contributed by atoms with Gasteiger partial charge in [-0.05, 0) is 56.2 Å². The summed E-state index contributed by atoms with van der Waals surface area (Å²) in [6.45, 7) is 2.13. The van der Waals surface area contributed by atoms with Crippen molar-refractivity contribution < 1.29 is 4.79 Å². The van der Waals surface area contributed by atoms with Gasteiger partial charge < -0.3 is 10.2 Å². The van der Waals surface area contributed by atoms with Gasteiger partial charge in [0.25, 0.3) is 0 Å². The van der Waals surface area contributed by atoms with Crippen molar-refractivity contribution in [2.45, 2.75) is 57.5 Å². The van der Waals surface area contributed by atoms with E-state index in [9.17, 15) is 4.79 Å². The first-order valence-corrected chi connectivity index (χ1v) is 7.94. The molecule has 0 radical (unpaired) electrons. The highest BCUT2D eigenvalue weighted by Crippen LogP contribution is 2.45. The summed E-state index contributed by atoms with van der Waals surface area (Å²) in [6.07, 6.45) is 7.51. The zero-order valence-corrected chi connectivity index (χ0v) is 12.1. The topological polar surface area (TPSA) is 32.3 Å². The number of amides is 1. The average molecular weight is 270 g/mol. The van der Waals surface area contributed by atoms with E-state index in [0.717, 1.165) is 18.0 Å². The van der Waals surface area contributed by atoms with Gasteiger partial charge in [-0.1, -0.05) is 18.9 Å². The first kappa shape index (κ1) is 12.2. The number of nitrogens with zero attached hydrogens (tertiary/aromatic N) is 1. The van der Waals surface area contributed by atoms with Crippen molar-refractivity contribution in [3.63, 3.8) is 0 Å². The van der Waals surface area contributed by atoms with E-state index in [1.807, 2.05) is 0 Å². The number of benzene rings is 1. The lowest BCUT2D eigenvalue weighted by molar-refractivity contribution is -0.118. The van der Waals surface area contributed by atoms with E-state index in [0.29, 0.717) is 6.04 Å². The second kappa shape index (κ2) is 4.51. The van der Waals surface area contributed by atoms with Crippen molar-refractivity contribution in [1.29, 1.82) is 0 Å². The molecule has 1 N–H and O–H groups in total. The van der Waals surface area contributed by atoms with Crippen LogP contribution in [0.2, 0.25) is 0 Å². The van der Waals surface area contributed by atoms with Crippen LogP contribution in [0.25, 0.3) is 0 Å². The number of piperidine rings is 1. The van der Waals surface area contributed by atoms with E-state index in [2.05, 4.69) is 35.3 Å². The molecule has 1 aromatic carbocycles. The monoisotopic (exact) mass is 270 g/mol. The molecule has 1 saturated heterocycles. The average Bonchev–Trinajstić information content (AvgIpc) is 2.47. The van der Waals surface area contributed by atoms with Crippen LogP contribution < -0.4 is 10.2 Å². The number of rotatable bonds is 0. The molecule has 3 heteroatoms. The van der Waals surface area contributed by atoms with Crippen LogP contribution in [0, 0.1) is 12.8 Å². The third-order valence-corrected chi connectivity index (χ3v) is 5.36. The van der Waals surface area contributed by atoms with Crippen LogP contribution in [0.5, 0.6) is 0 Å². The van der Waals surface area contributed by atoms with Gasteiger partial charge in [0.15, 0.2) is 0 Å². The molecule has 106 valence electrons. The van der Waals surface area contributed by atoms with E-state index in [4.69, 9.17) is 0 Å². The summed E-state index contributed by atoms with van der Waals surface area (Å²) < 4.78 is 0. The van der Waals surface area contributed by atoms with Gasteiger partial charge in [-0.25, -0.2) is 0 Å². The molecule has 3 atom stereocenters. The summed E-state index contributed by atoms with van der Waals surface area (Å²) in [4.78, 5) is 14.9. The van der Waals surface area contributed by atoms with Crippen molar-refractivity contribution >= 4 is 17.3 Å². The fourth-order valence-electron chi connectivity index (χ4n) is 4.41. The number of aryl methyl sites for hydroxylation is 1. The molecule has 20 heavy (non-hydrogen) atoms. The maximum atomic E-state index is 12.4. The van der Waals surface area contributed by atoms with E-state index in [1.54, 1.807) is 0 Å². The second-order valence-corrected chi connectivity index (χ2v) is 6.62. The predicted octanol–water partition coefficient (Wildman–Crippen LogP) is 3.47. The van der Waals surface area contributed by atoms with Gasteiger partial charge in [0.1, 0.15) is 6.04 Å². The molecule has 4 rings (SSSR count). The predicted molar refractivity (Wildman–Crippen MR) is 81.1 cm³/mol. The molecule has 1 saturated carbocycles. The zero-order chi connectivity index (χ0) is 13.7. The quantitative estimate of drug-likeness (QED) is 0.783. The first-order chi connectivity index (χ1) is 9.74. The van der Waals surface area contributed by atoms with Crippen LogP contribution in [0.1, 0.15) is 44.1 Å². The van der Waals surface area contributed by atoms with Gasteiger partial charge in [0.2, 0.25) is 5.91 Å². The second-order valence-electron chi connectivity index (χ2n) is 6.62. The summed E-state index contributed by atoms with van der Waals surface area (Å²) in [6, 6.07) is 7.03. The Morgan fingerprint density at radius 1 is 1.15 bits per heavy atom. The number of nitrogens with one attached hydrogen (secondary N) is 1. The minimum absolute atomic E-state index is 0.0589. The van der Waals surface area contributed by atoms with Crippen LogP contribution >= 0.6 is 0 Å². The Balaban J connectivity index is 1.80. The third kappa shape index (κ3) is 1.75. The molecule has 2 heterocycles. The van der Waals surface area contributed by atoms with Crippen LogP contribution in [-0.2, 0) is 4.79 Å². The number of fused-ring (bicyclic) bond motifs is 5. The van der Waals surface area contributed by atoms with E-state index >= 15 is 0 Å². The Hall–Kier alpha value is -1.51. The fourth-order valence-corrected chi connectivity index (χ4v) is 4.41. The molecule has 3 aliphatic rings. The van der Waals surface area contributed by atoms with E-state index in [-0.39, 0.29) is 11.9 Å². The van der Waals surface area contributed by atoms with Crippen LogP contribution in [0.15, 0.2) is 18.2 Å². The smallest absolute Gasteiger partial charge is 0.247 e. The summed E-state index contributed by atoms with van der Waals surface area (Å²) in [5.41, 5.74) is 3.53. The number of hydrogen-bond donors (Lipinski definition) is 1. The van der Waals surface area contributed by atoms with Gasteiger partial charge in [-0.3, -0.25) is 4.79 Å². The number of hydrogen-bond acceptors (Lipinski definition) is 2. The Labute approximate surface area is 120 Å². The number of carbonyl (C=O) groups is 1. The van der Waals surface area contributed by atoms with Crippen molar-refractivity contribution in [3.8, 4) is 0 Å². The summed E-state index contributed by atoms with van der Waals surface area (Å²) >= 11 is 0. The Morgan fingerprint density at radius 2 is 2.00 bits per heavy atom. The molecule has 1 amide bonds. The van der Waals surface area contributed by atoms with Crippen molar-refractivity contribution in [3.05, 3.63) is 23.8 Å². The fraction of sp³-hybridized carbons (Fsp3) is 0.588. The van der Waals surface area contributed by atoms with E-state index in [1.165, 1.54) is 43.4 Å². The maximum absolute atomic E-state index is 12.4. The standard InChI is InChI=1S/C17H22N2O/c1-11-6-8-13-16(10-11)19-14-5-3-2-4-12(14)7-9-15(19)17(20)18-13/h6,8,10,12,14-15H,2-5,7,9H2,1H3,(H,18,20). The Morgan fingerprint density at radius 3 is 2.90 bits per heavy atom. The van der Waals surface area contributed by atoms with Gasteiger partial charge in [-0.15, -0.1) is 0 Å². The Bertz CT molecular complexity index is 554. The maximum Gasteiger partial charge on any atom is 0.247 e. The lowest BCUT2D eigenvalue weighted by atomic mass is 9.75. The summed E-state index contributed by atoms with van der Waals surface area (Å²) in [7, 11) is 0. The van der Waals surface area contributed by atoms with Crippen molar-refractivity contribution in [2.24, 2.45) is 5.92 Å². The first-order valence-electron chi connectivity index (χ1n) is 7.94. The molecule has 3 nitrogen and oxygen atoms in total. The molecule has 1 aliphatic carbocycles. The number of anilines is 2. The largest absolute Gasteiger partial charge is 0.355 e. The highest BCUT2D eigenvalue weighted by Gasteiger charge is 2.44. The molecule has 0 spiro atoms. The molecule has 2 aliphatic heterocycles. The van der Waals surface area contributed by atoms with Crippen molar-refractivity contribution in [1.82, 2.24) is 0 Å². The molecule has 3 unspecified atom stereocenters. The minimum atomic E-state index is 0.0589. The van der Waals surface area contributed by atoms with Crippen molar-refractivity contribution in [2.75, 3.05) is 10.2 Å². The molecule has 2 fully saturated rings. The zero-order valence-electron chi connectivity index (χ0n) is 12.1. The van der Waals surface area contributed by atoms with Gasteiger partial charge in [-0.2, -0.15) is 0 Å². The lowest BCUT2D eigenvalue weighted by Crippen LogP contribution is -2.58.